The molecule has 120 valence electrons. The van der Waals surface area contributed by atoms with Crippen molar-refractivity contribution >= 4 is 28.3 Å². The first-order valence-corrected chi connectivity index (χ1v) is 9.83. The van der Waals surface area contributed by atoms with Crippen LogP contribution >= 0.6 is 22.6 Å². The van der Waals surface area contributed by atoms with E-state index in [2.05, 4.69) is 119 Å². The van der Waals surface area contributed by atoms with Gasteiger partial charge in [0.1, 0.15) is 0 Å². The van der Waals surface area contributed by atoms with Crippen molar-refractivity contribution in [1.82, 2.24) is 0 Å². The zero-order valence-electron chi connectivity index (χ0n) is 13.7. The quantitative estimate of drug-likeness (QED) is 0.371. The lowest BCUT2D eigenvalue weighted by Gasteiger charge is -2.40. The lowest BCUT2D eigenvalue weighted by Crippen LogP contribution is -2.42. The average molecular weight is 425 g/mol. The molecule has 2 unspecified atom stereocenters. The van der Waals surface area contributed by atoms with Gasteiger partial charge in [-0.1, -0.05) is 95.4 Å². The highest BCUT2D eigenvalue weighted by Gasteiger charge is 2.46. The Morgan fingerprint density at radius 3 is 2.08 bits per heavy atom. The second-order valence-corrected chi connectivity index (χ2v) is 7.28. The van der Waals surface area contributed by atoms with Gasteiger partial charge in [-0.2, -0.15) is 0 Å². The van der Waals surface area contributed by atoms with Crippen LogP contribution in [0.2, 0.25) is 0 Å². The molecule has 2 atom stereocenters. The van der Waals surface area contributed by atoms with E-state index in [0.717, 1.165) is 4.43 Å². The van der Waals surface area contributed by atoms with Crippen molar-refractivity contribution in [3.63, 3.8) is 0 Å². The molecule has 1 aliphatic rings. The van der Waals surface area contributed by atoms with Crippen molar-refractivity contribution in [2.45, 2.75) is 18.5 Å². The van der Waals surface area contributed by atoms with Gasteiger partial charge in [0.15, 0.2) is 0 Å². The number of rotatable bonds is 3. The summed E-state index contributed by atoms with van der Waals surface area (Å²) in [7, 11) is 0. The van der Waals surface area contributed by atoms with E-state index in [1.165, 1.54) is 22.4 Å². The van der Waals surface area contributed by atoms with E-state index in [4.69, 9.17) is 0 Å². The molecule has 0 saturated carbocycles. The standard InChI is InChI=1S/C22H20IN/c1-22(16-23)20-15-9-8-14-19(20)21(17-10-4-2-5-11-17)24(22)18-12-6-3-7-13-18/h2-15,21H,16H2,1H3. The smallest absolute Gasteiger partial charge is 0.0808 e. The minimum absolute atomic E-state index is 0.0149. The fraction of sp³-hybridized carbons (Fsp3) is 0.182. The van der Waals surface area contributed by atoms with Crippen LogP contribution in [0.4, 0.5) is 5.69 Å². The molecule has 0 amide bonds. The monoisotopic (exact) mass is 425 g/mol. The van der Waals surface area contributed by atoms with Gasteiger partial charge in [0, 0.05) is 10.1 Å². The summed E-state index contributed by atoms with van der Waals surface area (Å²) in [5.41, 5.74) is 5.48. The first kappa shape index (κ1) is 15.7. The molecular weight excluding hydrogens is 405 g/mol. The summed E-state index contributed by atoms with van der Waals surface area (Å²) >= 11 is 2.53. The Labute approximate surface area is 157 Å². The Morgan fingerprint density at radius 2 is 1.42 bits per heavy atom. The van der Waals surface area contributed by atoms with E-state index in [0.29, 0.717) is 0 Å². The van der Waals surface area contributed by atoms with Crippen LogP contribution in [0.15, 0.2) is 84.9 Å². The maximum atomic E-state index is 2.60. The van der Waals surface area contributed by atoms with Crippen LogP contribution in [0, 0.1) is 0 Å². The molecule has 3 aromatic carbocycles. The van der Waals surface area contributed by atoms with Gasteiger partial charge in [-0.3, -0.25) is 0 Å². The fourth-order valence-electron chi connectivity index (χ4n) is 3.90. The van der Waals surface area contributed by atoms with E-state index in [9.17, 15) is 0 Å². The Kier molecular flexibility index (Phi) is 4.09. The normalized spacial score (nSPS) is 22.4. The number of hydrogen-bond acceptors (Lipinski definition) is 1. The highest BCUT2D eigenvalue weighted by atomic mass is 127. The third-order valence-electron chi connectivity index (χ3n) is 5.04. The van der Waals surface area contributed by atoms with Crippen molar-refractivity contribution in [3.05, 3.63) is 102 Å². The Bertz CT molecular complexity index is 831. The van der Waals surface area contributed by atoms with Crippen LogP contribution in [0.5, 0.6) is 0 Å². The fourth-order valence-corrected chi connectivity index (χ4v) is 4.68. The maximum Gasteiger partial charge on any atom is 0.0808 e. The number of halogens is 1. The summed E-state index contributed by atoms with van der Waals surface area (Å²) in [4.78, 5) is 2.60. The van der Waals surface area contributed by atoms with Crippen LogP contribution in [-0.2, 0) is 5.54 Å². The van der Waals surface area contributed by atoms with Crippen LogP contribution in [0.1, 0.15) is 29.7 Å². The molecule has 0 radical (unpaired) electrons. The first-order valence-electron chi connectivity index (χ1n) is 8.30. The molecule has 4 rings (SSSR count). The second kappa shape index (κ2) is 6.25. The summed E-state index contributed by atoms with van der Waals surface area (Å²) in [6, 6.07) is 30.9. The highest BCUT2D eigenvalue weighted by Crippen LogP contribution is 2.51. The highest BCUT2D eigenvalue weighted by molar-refractivity contribution is 14.1. The molecule has 3 aromatic rings. The van der Waals surface area contributed by atoms with Crippen molar-refractivity contribution in [2.24, 2.45) is 0 Å². The number of alkyl halides is 1. The molecule has 1 aliphatic heterocycles. The Hall–Kier alpha value is -1.81. The molecule has 0 saturated heterocycles. The zero-order valence-corrected chi connectivity index (χ0v) is 15.9. The zero-order chi connectivity index (χ0) is 16.6. The van der Waals surface area contributed by atoms with Gasteiger partial charge >= 0.3 is 0 Å². The van der Waals surface area contributed by atoms with Gasteiger partial charge in [0.2, 0.25) is 0 Å². The Morgan fingerprint density at radius 1 is 0.833 bits per heavy atom. The van der Waals surface area contributed by atoms with Gasteiger partial charge in [-0.25, -0.2) is 0 Å². The molecule has 0 aliphatic carbocycles. The summed E-state index contributed by atoms with van der Waals surface area (Å²) in [5, 5.41) is 0. The van der Waals surface area contributed by atoms with Gasteiger partial charge in [-0.05, 0) is 35.7 Å². The lowest BCUT2D eigenvalue weighted by atomic mass is 9.92. The lowest BCUT2D eigenvalue weighted by molar-refractivity contribution is 0.512. The van der Waals surface area contributed by atoms with E-state index in [1.54, 1.807) is 0 Å². The molecule has 24 heavy (non-hydrogen) atoms. The number of benzene rings is 3. The molecule has 0 spiro atoms. The van der Waals surface area contributed by atoms with Gasteiger partial charge in [-0.15, -0.1) is 0 Å². The number of para-hydroxylation sites is 1. The van der Waals surface area contributed by atoms with Crippen LogP contribution in [-0.4, -0.2) is 4.43 Å². The molecule has 0 bridgehead atoms. The molecule has 2 heteroatoms. The minimum Gasteiger partial charge on any atom is -0.350 e. The predicted octanol–water partition coefficient (Wildman–Crippen LogP) is 5.95. The van der Waals surface area contributed by atoms with E-state index in [1.807, 2.05) is 0 Å². The number of hydrogen-bond donors (Lipinski definition) is 0. The van der Waals surface area contributed by atoms with Gasteiger partial charge < -0.3 is 4.90 Å². The first-order chi connectivity index (χ1) is 11.8. The molecular formula is C22H20IN. The summed E-state index contributed by atoms with van der Waals surface area (Å²) in [6.45, 7) is 2.37. The maximum absolute atomic E-state index is 2.60. The number of anilines is 1. The summed E-state index contributed by atoms with van der Waals surface area (Å²) in [5.74, 6) is 0. The van der Waals surface area contributed by atoms with Crippen molar-refractivity contribution in [3.8, 4) is 0 Å². The van der Waals surface area contributed by atoms with Crippen molar-refractivity contribution in [1.29, 1.82) is 0 Å². The van der Waals surface area contributed by atoms with Gasteiger partial charge in [0.05, 0.1) is 11.6 Å². The molecule has 0 fully saturated rings. The topological polar surface area (TPSA) is 3.24 Å². The molecule has 0 aromatic heterocycles. The van der Waals surface area contributed by atoms with E-state index in [-0.39, 0.29) is 11.6 Å². The minimum atomic E-state index is -0.0149. The molecule has 0 N–H and O–H groups in total. The van der Waals surface area contributed by atoms with Crippen molar-refractivity contribution < 1.29 is 0 Å². The third kappa shape index (κ3) is 2.35. The second-order valence-electron chi connectivity index (χ2n) is 6.51. The van der Waals surface area contributed by atoms with Crippen LogP contribution < -0.4 is 4.90 Å². The van der Waals surface area contributed by atoms with Crippen LogP contribution in [0.3, 0.4) is 0 Å². The summed E-state index contributed by atoms with van der Waals surface area (Å²) < 4.78 is 1.04. The number of nitrogens with zero attached hydrogens (tertiary/aromatic N) is 1. The third-order valence-corrected chi connectivity index (χ3v) is 6.52. The van der Waals surface area contributed by atoms with Crippen molar-refractivity contribution in [2.75, 3.05) is 9.33 Å². The Balaban J connectivity index is 1.98. The SMILES string of the molecule is CC1(CI)c2ccccc2C(c2ccccc2)N1c1ccccc1. The molecule has 1 heterocycles. The van der Waals surface area contributed by atoms with E-state index < -0.39 is 0 Å². The summed E-state index contributed by atoms with van der Waals surface area (Å²) in [6.07, 6.45) is 0. The number of fused-ring (bicyclic) bond motifs is 1. The van der Waals surface area contributed by atoms with Crippen LogP contribution in [0.25, 0.3) is 0 Å². The average Bonchev–Trinajstić information content (AvgIpc) is 2.93. The van der Waals surface area contributed by atoms with Gasteiger partial charge in [0.25, 0.3) is 0 Å². The van der Waals surface area contributed by atoms with E-state index >= 15 is 0 Å². The largest absolute Gasteiger partial charge is 0.350 e. The molecule has 1 nitrogen and oxygen atoms in total. The predicted molar refractivity (Wildman–Crippen MR) is 110 cm³/mol.